The molecule has 0 unspecified atom stereocenters. The minimum absolute atomic E-state index is 0.198. The molecule has 0 saturated carbocycles. The lowest BCUT2D eigenvalue weighted by Crippen LogP contribution is -2.13. The molecule has 2 aromatic carbocycles. The van der Waals surface area contributed by atoms with Gasteiger partial charge in [-0.1, -0.05) is 18.2 Å². The number of nitrogens with zero attached hydrogens (tertiary/aromatic N) is 2. The molecule has 0 saturated heterocycles. The number of carbonyl (C=O) groups excluding carboxylic acids is 1. The van der Waals surface area contributed by atoms with Crippen molar-refractivity contribution in [1.29, 1.82) is 5.26 Å². The van der Waals surface area contributed by atoms with Crippen molar-refractivity contribution in [3.8, 4) is 28.8 Å². The molecule has 1 aliphatic heterocycles. The number of pyridine rings is 1. The molecule has 1 amide bonds. The number of hydrogen-bond donors (Lipinski definition) is 1. The lowest BCUT2D eigenvalue weighted by atomic mass is 9.96. The number of aryl methyl sites for hydroxylation is 1. The molecule has 1 N–H and O–H groups in total. The van der Waals surface area contributed by atoms with Crippen LogP contribution in [0, 0.1) is 11.3 Å². The average molecular weight is 454 g/mol. The molecule has 0 bridgehead atoms. The lowest BCUT2D eigenvalue weighted by Gasteiger charge is -2.11. The average Bonchev–Trinajstić information content (AvgIpc) is 3.46. The van der Waals surface area contributed by atoms with E-state index in [1.165, 1.54) is 16.2 Å². The number of carbonyl (C=O) groups is 1. The number of ether oxygens (including phenoxy) is 2. The summed E-state index contributed by atoms with van der Waals surface area (Å²) in [6.07, 6.45) is 4.08. The van der Waals surface area contributed by atoms with E-state index < -0.39 is 0 Å². The maximum atomic E-state index is 13.5. The van der Waals surface area contributed by atoms with E-state index in [1.54, 1.807) is 6.07 Å². The van der Waals surface area contributed by atoms with Crippen molar-refractivity contribution in [2.75, 3.05) is 12.1 Å². The highest BCUT2D eigenvalue weighted by Gasteiger charge is 2.23. The summed E-state index contributed by atoms with van der Waals surface area (Å²) in [5, 5.41) is 14.2. The molecule has 1 aliphatic carbocycles. The van der Waals surface area contributed by atoms with Crippen LogP contribution < -0.4 is 14.8 Å². The number of amides is 1. The van der Waals surface area contributed by atoms with Crippen molar-refractivity contribution in [2.24, 2.45) is 0 Å². The maximum absolute atomic E-state index is 13.5. The van der Waals surface area contributed by atoms with Crippen molar-refractivity contribution in [1.82, 2.24) is 4.98 Å². The minimum Gasteiger partial charge on any atom is -0.454 e. The van der Waals surface area contributed by atoms with Gasteiger partial charge in [0, 0.05) is 15.8 Å². The molecule has 3 heterocycles. The van der Waals surface area contributed by atoms with Crippen molar-refractivity contribution >= 4 is 33.1 Å². The number of nitrogens with one attached hydrogen (secondary N) is 1. The van der Waals surface area contributed by atoms with Crippen molar-refractivity contribution in [3.05, 3.63) is 70.1 Å². The van der Waals surface area contributed by atoms with Crippen LogP contribution in [-0.2, 0) is 12.8 Å². The van der Waals surface area contributed by atoms with Crippen LogP contribution in [0.4, 0.5) is 5.00 Å². The predicted octanol–water partition coefficient (Wildman–Crippen LogP) is 5.69. The molecule has 0 atom stereocenters. The number of aromatic nitrogens is 1. The van der Waals surface area contributed by atoms with Gasteiger partial charge in [0.05, 0.1) is 22.3 Å². The summed E-state index contributed by atoms with van der Waals surface area (Å²) in [5.74, 6) is 1.12. The Balaban J connectivity index is 1.43. The molecule has 6 nitrogen and oxygen atoms in total. The minimum atomic E-state index is -0.245. The monoisotopic (exact) mass is 453 g/mol. The standard InChI is InChI=1S/C26H19N3O3S/c27-13-19-17-6-2-4-8-24(17)33-26(19)29-25(30)18-12-21(28-20-7-3-1-5-16(18)20)15-9-10-22-23(11-15)32-14-31-22/h1,3,5,7,9-12H,2,4,6,8,14H2,(H,29,30). The van der Waals surface area contributed by atoms with Gasteiger partial charge in [0.2, 0.25) is 6.79 Å². The van der Waals surface area contributed by atoms with Gasteiger partial charge in [0.15, 0.2) is 11.5 Å². The zero-order valence-corrected chi connectivity index (χ0v) is 18.5. The fourth-order valence-electron chi connectivity index (χ4n) is 4.51. The Morgan fingerprint density at radius 3 is 2.82 bits per heavy atom. The number of thiophene rings is 1. The van der Waals surface area contributed by atoms with Crippen LogP contribution in [0.1, 0.15) is 39.2 Å². The van der Waals surface area contributed by atoms with Crippen LogP contribution >= 0.6 is 11.3 Å². The van der Waals surface area contributed by atoms with E-state index in [0.29, 0.717) is 33.3 Å². The quantitative estimate of drug-likeness (QED) is 0.430. The first kappa shape index (κ1) is 19.8. The van der Waals surface area contributed by atoms with Gasteiger partial charge in [-0.15, -0.1) is 11.3 Å². The van der Waals surface area contributed by atoms with Gasteiger partial charge in [-0.25, -0.2) is 4.98 Å². The van der Waals surface area contributed by atoms with Crippen molar-refractivity contribution in [3.63, 3.8) is 0 Å². The van der Waals surface area contributed by atoms with E-state index in [9.17, 15) is 10.1 Å². The summed E-state index contributed by atoms with van der Waals surface area (Å²) in [6, 6.07) is 17.3. The summed E-state index contributed by atoms with van der Waals surface area (Å²) in [5.41, 5.74) is 4.46. The Bertz CT molecular complexity index is 1470. The number of rotatable bonds is 3. The van der Waals surface area contributed by atoms with Crippen LogP contribution in [0.15, 0.2) is 48.5 Å². The van der Waals surface area contributed by atoms with E-state index in [1.807, 2.05) is 42.5 Å². The summed E-state index contributed by atoms with van der Waals surface area (Å²) >= 11 is 1.53. The number of benzene rings is 2. The third-order valence-corrected chi connectivity index (χ3v) is 7.35. The second-order valence-corrected chi connectivity index (χ2v) is 9.23. The molecule has 6 rings (SSSR count). The van der Waals surface area contributed by atoms with Gasteiger partial charge < -0.3 is 14.8 Å². The van der Waals surface area contributed by atoms with Gasteiger partial charge in [0.25, 0.3) is 5.91 Å². The highest BCUT2D eigenvalue weighted by molar-refractivity contribution is 7.16. The first-order chi connectivity index (χ1) is 16.2. The highest BCUT2D eigenvalue weighted by Crippen LogP contribution is 2.39. The number of fused-ring (bicyclic) bond motifs is 3. The summed E-state index contributed by atoms with van der Waals surface area (Å²) < 4.78 is 10.9. The van der Waals surface area contributed by atoms with Gasteiger partial charge >= 0.3 is 0 Å². The zero-order chi connectivity index (χ0) is 22.4. The van der Waals surface area contributed by atoms with Crippen LogP contribution in [0.2, 0.25) is 0 Å². The lowest BCUT2D eigenvalue weighted by molar-refractivity contribution is 0.102. The third kappa shape index (κ3) is 3.40. The van der Waals surface area contributed by atoms with Gasteiger partial charge in [0.1, 0.15) is 11.1 Å². The maximum Gasteiger partial charge on any atom is 0.257 e. The van der Waals surface area contributed by atoms with Crippen LogP contribution in [-0.4, -0.2) is 17.7 Å². The second-order valence-electron chi connectivity index (χ2n) is 8.12. The van der Waals surface area contributed by atoms with Crippen molar-refractivity contribution in [2.45, 2.75) is 25.7 Å². The number of para-hydroxylation sites is 1. The molecule has 2 aromatic heterocycles. The molecular weight excluding hydrogens is 434 g/mol. The summed E-state index contributed by atoms with van der Waals surface area (Å²) in [4.78, 5) is 19.5. The summed E-state index contributed by atoms with van der Waals surface area (Å²) in [6.45, 7) is 0.198. The Labute approximate surface area is 194 Å². The Morgan fingerprint density at radius 1 is 1.06 bits per heavy atom. The topological polar surface area (TPSA) is 84.2 Å². The van der Waals surface area contributed by atoms with Crippen LogP contribution in [0.5, 0.6) is 11.5 Å². The predicted molar refractivity (Wildman–Crippen MR) is 127 cm³/mol. The molecule has 0 radical (unpaired) electrons. The first-order valence-corrected chi connectivity index (χ1v) is 11.7. The number of hydrogen-bond acceptors (Lipinski definition) is 6. The second kappa shape index (κ2) is 7.91. The molecule has 7 heteroatoms. The van der Waals surface area contributed by atoms with Gasteiger partial charge in [-0.3, -0.25) is 4.79 Å². The molecule has 33 heavy (non-hydrogen) atoms. The molecule has 2 aliphatic rings. The highest BCUT2D eigenvalue weighted by atomic mass is 32.1. The molecule has 162 valence electrons. The fraction of sp³-hybridized carbons (Fsp3) is 0.192. The first-order valence-electron chi connectivity index (χ1n) is 10.9. The number of anilines is 1. The van der Waals surface area contributed by atoms with Gasteiger partial charge in [-0.2, -0.15) is 5.26 Å². The van der Waals surface area contributed by atoms with E-state index in [0.717, 1.165) is 47.7 Å². The normalized spacial score (nSPS) is 14.0. The van der Waals surface area contributed by atoms with Crippen molar-refractivity contribution < 1.29 is 14.3 Å². The Kier molecular flexibility index (Phi) is 4.74. The Morgan fingerprint density at radius 2 is 1.91 bits per heavy atom. The Hall–Kier alpha value is -3.89. The smallest absolute Gasteiger partial charge is 0.257 e. The van der Waals surface area contributed by atoms with Crippen LogP contribution in [0.3, 0.4) is 0 Å². The summed E-state index contributed by atoms with van der Waals surface area (Å²) in [7, 11) is 0. The fourth-order valence-corrected chi connectivity index (χ4v) is 5.74. The van der Waals surface area contributed by atoms with E-state index >= 15 is 0 Å². The molecular formula is C26H19N3O3S. The SMILES string of the molecule is N#Cc1c(NC(=O)c2cc(-c3ccc4c(c3)OCO4)nc3ccccc23)sc2c1CCCC2. The number of nitriles is 1. The largest absolute Gasteiger partial charge is 0.454 e. The molecule has 4 aromatic rings. The van der Waals surface area contributed by atoms with E-state index in [2.05, 4.69) is 11.4 Å². The van der Waals surface area contributed by atoms with Gasteiger partial charge in [-0.05, 0) is 61.6 Å². The molecule has 0 spiro atoms. The molecule has 0 fully saturated rings. The zero-order valence-electron chi connectivity index (χ0n) is 17.7. The third-order valence-electron chi connectivity index (χ3n) is 6.14. The van der Waals surface area contributed by atoms with E-state index in [4.69, 9.17) is 14.5 Å². The van der Waals surface area contributed by atoms with E-state index in [-0.39, 0.29) is 12.7 Å². The van der Waals surface area contributed by atoms with Crippen LogP contribution in [0.25, 0.3) is 22.2 Å².